The number of rotatable bonds is 6. The lowest BCUT2D eigenvalue weighted by molar-refractivity contribution is -0.127. The lowest BCUT2D eigenvalue weighted by Crippen LogP contribution is -2.65. The topological polar surface area (TPSA) is 103 Å². The van der Waals surface area contributed by atoms with Gasteiger partial charge < -0.3 is 14.8 Å². The van der Waals surface area contributed by atoms with E-state index in [1.54, 1.807) is 38.1 Å². The highest BCUT2D eigenvalue weighted by Crippen LogP contribution is 2.38. The number of nitrogens with zero attached hydrogens (tertiary/aromatic N) is 3. The van der Waals surface area contributed by atoms with Crippen LogP contribution in [0.25, 0.3) is 0 Å². The number of amides is 2. The van der Waals surface area contributed by atoms with E-state index in [1.165, 1.54) is 22.8 Å². The Bertz CT molecular complexity index is 1090. The van der Waals surface area contributed by atoms with E-state index in [-0.39, 0.29) is 36.5 Å². The minimum absolute atomic E-state index is 0.0381. The summed E-state index contributed by atoms with van der Waals surface area (Å²) in [7, 11) is 1.52. The summed E-state index contributed by atoms with van der Waals surface area (Å²) in [6.45, 7) is 5.94. The molecule has 182 valence electrons. The van der Waals surface area contributed by atoms with Crippen LogP contribution in [0.4, 0.5) is 5.69 Å². The van der Waals surface area contributed by atoms with E-state index >= 15 is 0 Å². The molecule has 1 aromatic heterocycles. The third kappa shape index (κ3) is 4.26. The maximum Gasteiger partial charge on any atom is 0.358 e. The summed E-state index contributed by atoms with van der Waals surface area (Å²) in [6.07, 6.45) is 3.93. The van der Waals surface area contributed by atoms with Crippen molar-refractivity contribution in [3.05, 3.63) is 41.7 Å². The van der Waals surface area contributed by atoms with Crippen molar-refractivity contribution in [2.75, 3.05) is 18.6 Å². The number of aromatic nitrogens is 2. The van der Waals surface area contributed by atoms with Gasteiger partial charge in [-0.25, -0.2) is 4.79 Å². The summed E-state index contributed by atoms with van der Waals surface area (Å²) >= 11 is 0. The number of methoxy groups -OCH3 is 1. The lowest BCUT2D eigenvalue weighted by Gasteiger charge is -2.44. The zero-order valence-corrected chi connectivity index (χ0v) is 20.2. The van der Waals surface area contributed by atoms with Gasteiger partial charge in [0.2, 0.25) is 5.91 Å². The molecule has 2 aliphatic rings. The molecule has 34 heavy (non-hydrogen) atoms. The molecule has 0 spiro atoms. The van der Waals surface area contributed by atoms with Gasteiger partial charge in [-0.05, 0) is 57.6 Å². The molecule has 1 saturated carbocycles. The Balaban J connectivity index is 1.75. The minimum Gasteiger partial charge on any atom is -0.495 e. The molecule has 1 aliphatic heterocycles. The summed E-state index contributed by atoms with van der Waals surface area (Å²) in [5.74, 6) is -0.180. The number of para-hydroxylation sites is 2. The second-order valence-electron chi connectivity index (χ2n) is 9.31. The van der Waals surface area contributed by atoms with Crippen molar-refractivity contribution in [2.24, 2.45) is 5.92 Å². The smallest absolute Gasteiger partial charge is 0.358 e. The lowest BCUT2D eigenvalue weighted by atomic mass is 9.86. The Labute approximate surface area is 199 Å². The van der Waals surface area contributed by atoms with Crippen LogP contribution in [0.2, 0.25) is 0 Å². The molecule has 9 nitrogen and oxygen atoms in total. The first kappa shape index (κ1) is 23.8. The van der Waals surface area contributed by atoms with E-state index in [2.05, 4.69) is 17.3 Å². The SMILES string of the molecule is CCOC(=O)c1cc2n(n1)CC(C)(C(=O)NC1CCC(C)CC1)N(c1ccccc1OC)C2=O. The third-order valence-electron chi connectivity index (χ3n) is 6.80. The Hall–Kier alpha value is -3.36. The summed E-state index contributed by atoms with van der Waals surface area (Å²) < 4.78 is 12.0. The maximum atomic E-state index is 13.8. The zero-order valence-electron chi connectivity index (χ0n) is 20.2. The van der Waals surface area contributed by atoms with Crippen LogP contribution in [-0.4, -0.2) is 52.9 Å². The number of esters is 1. The van der Waals surface area contributed by atoms with E-state index < -0.39 is 17.4 Å². The van der Waals surface area contributed by atoms with Crippen molar-refractivity contribution < 1.29 is 23.9 Å². The molecule has 1 fully saturated rings. The molecule has 2 amide bonds. The van der Waals surface area contributed by atoms with Crippen LogP contribution < -0.4 is 15.0 Å². The minimum atomic E-state index is -1.29. The average molecular weight is 469 g/mol. The molecular weight excluding hydrogens is 436 g/mol. The number of carbonyl (C=O) groups excluding carboxylic acids is 3. The van der Waals surface area contributed by atoms with Crippen LogP contribution in [0, 0.1) is 5.92 Å². The monoisotopic (exact) mass is 468 g/mol. The first-order valence-corrected chi connectivity index (χ1v) is 11.8. The first-order chi connectivity index (χ1) is 16.3. The van der Waals surface area contributed by atoms with E-state index in [1.807, 2.05) is 0 Å². The van der Waals surface area contributed by atoms with Crippen LogP contribution in [0.3, 0.4) is 0 Å². The first-order valence-electron chi connectivity index (χ1n) is 11.8. The van der Waals surface area contributed by atoms with Gasteiger partial charge in [-0.15, -0.1) is 0 Å². The van der Waals surface area contributed by atoms with Gasteiger partial charge in [0.1, 0.15) is 17.0 Å². The molecule has 4 rings (SSSR count). The van der Waals surface area contributed by atoms with Crippen molar-refractivity contribution in [1.29, 1.82) is 0 Å². The Kier molecular flexibility index (Phi) is 6.63. The third-order valence-corrected chi connectivity index (χ3v) is 6.80. The Morgan fingerprint density at radius 2 is 1.91 bits per heavy atom. The zero-order chi connectivity index (χ0) is 24.5. The molecule has 1 atom stereocenters. The van der Waals surface area contributed by atoms with Crippen LogP contribution in [0.1, 0.15) is 67.4 Å². The highest BCUT2D eigenvalue weighted by atomic mass is 16.5. The van der Waals surface area contributed by atoms with Gasteiger partial charge in [0, 0.05) is 12.1 Å². The highest BCUT2D eigenvalue weighted by molar-refractivity contribution is 6.13. The second-order valence-corrected chi connectivity index (χ2v) is 9.31. The largest absolute Gasteiger partial charge is 0.495 e. The van der Waals surface area contributed by atoms with Crippen molar-refractivity contribution in [1.82, 2.24) is 15.1 Å². The van der Waals surface area contributed by atoms with Gasteiger partial charge in [-0.2, -0.15) is 5.10 Å². The molecule has 1 N–H and O–H groups in total. The van der Waals surface area contributed by atoms with Crippen molar-refractivity contribution in [2.45, 2.75) is 64.6 Å². The number of nitrogens with one attached hydrogen (secondary N) is 1. The van der Waals surface area contributed by atoms with Gasteiger partial charge in [0.25, 0.3) is 5.91 Å². The molecule has 1 aromatic carbocycles. The molecule has 0 saturated heterocycles. The predicted octanol–water partition coefficient (Wildman–Crippen LogP) is 3.18. The van der Waals surface area contributed by atoms with E-state index in [9.17, 15) is 14.4 Å². The summed E-state index contributed by atoms with van der Waals surface area (Å²) in [6, 6.07) is 8.58. The predicted molar refractivity (Wildman–Crippen MR) is 126 cm³/mol. The van der Waals surface area contributed by atoms with Crippen LogP contribution in [-0.2, 0) is 16.1 Å². The normalized spacial score (nSPS) is 24.4. The fourth-order valence-electron chi connectivity index (χ4n) is 4.82. The van der Waals surface area contributed by atoms with Gasteiger partial charge in [-0.3, -0.25) is 19.2 Å². The highest BCUT2D eigenvalue weighted by Gasteiger charge is 2.50. The standard InChI is InChI=1S/C25H32N4O5/c1-5-34-23(31)18-14-20-22(30)29(19-8-6-7-9-21(19)33-4)25(3,15-28(20)27-18)24(32)26-17-12-10-16(2)11-13-17/h6-9,14,16-17H,5,10-13,15H2,1-4H3,(H,26,32). The number of ether oxygens (including phenoxy) is 2. The Morgan fingerprint density at radius 1 is 1.21 bits per heavy atom. The summed E-state index contributed by atoms with van der Waals surface area (Å²) in [5, 5.41) is 7.49. The number of carbonyl (C=O) groups is 3. The van der Waals surface area contributed by atoms with Gasteiger partial charge in [-0.1, -0.05) is 19.1 Å². The van der Waals surface area contributed by atoms with Crippen molar-refractivity contribution in [3.63, 3.8) is 0 Å². The molecule has 1 aliphatic carbocycles. The molecular formula is C25H32N4O5. The molecule has 2 heterocycles. The van der Waals surface area contributed by atoms with E-state index in [4.69, 9.17) is 9.47 Å². The quantitative estimate of drug-likeness (QED) is 0.654. The fourth-order valence-corrected chi connectivity index (χ4v) is 4.82. The molecule has 1 unspecified atom stereocenters. The number of anilines is 1. The number of benzene rings is 1. The molecule has 0 radical (unpaired) electrons. The van der Waals surface area contributed by atoms with Crippen LogP contribution in [0.5, 0.6) is 5.75 Å². The molecule has 9 heteroatoms. The molecule has 2 aromatic rings. The van der Waals surface area contributed by atoms with Crippen LogP contribution in [0.15, 0.2) is 30.3 Å². The van der Waals surface area contributed by atoms with Crippen LogP contribution >= 0.6 is 0 Å². The average Bonchev–Trinajstić information content (AvgIpc) is 3.25. The molecule has 0 bridgehead atoms. The van der Waals surface area contributed by atoms with E-state index in [0.29, 0.717) is 17.4 Å². The summed E-state index contributed by atoms with van der Waals surface area (Å²) in [4.78, 5) is 41.3. The maximum absolute atomic E-state index is 13.8. The van der Waals surface area contributed by atoms with Crippen molar-refractivity contribution >= 4 is 23.5 Å². The van der Waals surface area contributed by atoms with Gasteiger partial charge >= 0.3 is 5.97 Å². The Morgan fingerprint density at radius 3 is 2.59 bits per heavy atom. The summed E-state index contributed by atoms with van der Waals surface area (Å²) in [5.41, 5.74) is -0.559. The van der Waals surface area contributed by atoms with Crippen molar-refractivity contribution in [3.8, 4) is 5.75 Å². The van der Waals surface area contributed by atoms with Gasteiger partial charge in [0.05, 0.1) is 25.9 Å². The number of hydrogen-bond acceptors (Lipinski definition) is 6. The van der Waals surface area contributed by atoms with E-state index in [0.717, 1.165) is 25.7 Å². The fraction of sp³-hybridized carbons (Fsp3) is 0.520. The van der Waals surface area contributed by atoms with Gasteiger partial charge in [0.15, 0.2) is 5.69 Å². The number of hydrogen-bond donors (Lipinski definition) is 1. The number of fused-ring (bicyclic) bond motifs is 1. The second kappa shape index (κ2) is 9.48.